The predicted octanol–water partition coefficient (Wildman–Crippen LogP) is 1.85. The number of nitrogens with zero attached hydrogens (tertiary/aromatic N) is 5. The Morgan fingerprint density at radius 1 is 1.17 bits per heavy atom. The molecule has 1 N–H and O–H groups in total. The van der Waals surface area contributed by atoms with E-state index in [-0.39, 0.29) is 29.0 Å². The van der Waals surface area contributed by atoms with Gasteiger partial charge in [0.1, 0.15) is 0 Å². The molecule has 0 atom stereocenters. The van der Waals surface area contributed by atoms with Crippen molar-refractivity contribution in [1.29, 1.82) is 0 Å². The highest BCUT2D eigenvalue weighted by atomic mass is 16.5. The standard InChI is InChI=1S/C15H22N6O3/c1-6-9-21-11(22)8-7-10(20-21)24-14-17-12(19-15(2,3)4)16-13(18-14)23-5/h7-8H,6,9H2,1-5H3,(H,16,17,18,19). The van der Waals surface area contributed by atoms with Gasteiger partial charge in [0, 0.05) is 24.2 Å². The van der Waals surface area contributed by atoms with Crippen LogP contribution in [0.15, 0.2) is 16.9 Å². The molecule has 0 spiro atoms. The van der Waals surface area contributed by atoms with E-state index in [1.165, 1.54) is 23.9 Å². The Hall–Kier alpha value is -2.71. The highest BCUT2D eigenvalue weighted by Gasteiger charge is 2.15. The third-order valence-corrected chi connectivity index (χ3v) is 2.74. The third kappa shape index (κ3) is 4.90. The molecule has 2 aromatic rings. The zero-order valence-electron chi connectivity index (χ0n) is 14.5. The maximum atomic E-state index is 11.7. The van der Waals surface area contributed by atoms with Crippen LogP contribution in [0.2, 0.25) is 0 Å². The van der Waals surface area contributed by atoms with Gasteiger partial charge in [0.25, 0.3) is 5.56 Å². The number of hydrogen-bond acceptors (Lipinski definition) is 8. The van der Waals surface area contributed by atoms with E-state index in [1.54, 1.807) is 0 Å². The molecule has 0 amide bonds. The number of anilines is 1. The van der Waals surface area contributed by atoms with Crippen molar-refractivity contribution in [2.75, 3.05) is 12.4 Å². The van der Waals surface area contributed by atoms with Crippen LogP contribution in [0.5, 0.6) is 17.9 Å². The lowest BCUT2D eigenvalue weighted by Gasteiger charge is -2.20. The molecule has 0 aromatic carbocycles. The summed E-state index contributed by atoms with van der Waals surface area (Å²) in [6.45, 7) is 8.40. The lowest BCUT2D eigenvalue weighted by Crippen LogP contribution is -2.27. The normalized spacial score (nSPS) is 11.2. The third-order valence-electron chi connectivity index (χ3n) is 2.74. The van der Waals surface area contributed by atoms with Gasteiger partial charge in [0.15, 0.2) is 0 Å². The Morgan fingerprint density at radius 2 is 1.88 bits per heavy atom. The minimum Gasteiger partial charge on any atom is -0.467 e. The van der Waals surface area contributed by atoms with Gasteiger partial charge in [-0.3, -0.25) is 4.79 Å². The van der Waals surface area contributed by atoms with E-state index in [2.05, 4.69) is 25.4 Å². The summed E-state index contributed by atoms with van der Waals surface area (Å²) in [6.07, 6.45) is 0.787. The second-order valence-corrected chi connectivity index (χ2v) is 6.14. The highest BCUT2D eigenvalue weighted by Crippen LogP contribution is 2.19. The van der Waals surface area contributed by atoms with E-state index >= 15 is 0 Å². The van der Waals surface area contributed by atoms with Crippen LogP contribution in [-0.2, 0) is 6.54 Å². The fourth-order valence-electron chi connectivity index (χ4n) is 1.82. The van der Waals surface area contributed by atoms with Gasteiger partial charge in [0.05, 0.1) is 7.11 Å². The molecular formula is C15H22N6O3. The number of rotatable bonds is 6. The van der Waals surface area contributed by atoms with Gasteiger partial charge in [0.2, 0.25) is 11.8 Å². The second kappa shape index (κ2) is 7.24. The van der Waals surface area contributed by atoms with E-state index in [4.69, 9.17) is 9.47 Å². The minimum atomic E-state index is -0.240. The van der Waals surface area contributed by atoms with Crippen molar-refractivity contribution >= 4 is 5.95 Å². The molecule has 9 heteroatoms. The number of nitrogens with one attached hydrogen (secondary N) is 1. The first-order chi connectivity index (χ1) is 11.3. The smallest absolute Gasteiger partial charge is 0.331 e. The summed E-state index contributed by atoms with van der Waals surface area (Å²) in [5.41, 5.74) is -0.427. The monoisotopic (exact) mass is 334 g/mol. The molecular weight excluding hydrogens is 312 g/mol. The van der Waals surface area contributed by atoms with Crippen LogP contribution < -0.4 is 20.3 Å². The lowest BCUT2D eigenvalue weighted by atomic mass is 10.1. The van der Waals surface area contributed by atoms with Crippen molar-refractivity contribution < 1.29 is 9.47 Å². The first-order valence-corrected chi connectivity index (χ1v) is 7.65. The average Bonchev–Trinajstić information content (AvgIpc) is 2.49. The Kier molecular flexibility index (Phi) is 5.32. The van der Waals surface area contributed by atoms with E-state index < -0.39 is 0 Å². The summed E-state index contributed by atoms with van der Waals surface area (Å²) in [5, 5.41) is 7.26. The van der Waals surface area contributed by atoms with Gasteiger partial charge in [-0.1, -0.05) is 6.92 Å². The van der Waals surface area contributed by atoms with Gasteiger partial charge >= 0.3 is 12.0 Å². The molecule has 0 saturated carbocycles. The first kappa shape index (κ1) is 17.6. The molecule has 0 fully saturated rings. The number of ether oxygens (including phenoxy) is 2. The molecule has 0 aliphatic heterocycles. The number of hydrogen-bond donors (Lipinski definition) is 1. The molecule has 2 heterocycles. The molecule has 0 aliphatic carbocycles. The van der Waals surface area contributed by atoms with Crippen molar-refractivity contribution in [1.82, 2.24) is 24.7 Å². The zero-order chi connectivity index (χ0) is 17.7. The van der Waals surface area contributed by atoms with Gasteiger partial charge in [-0.15, -0.1) is 10.1 Å². The number of methoxy groups -OCH3 is 1. The first-order valence-electron chi connectivity index (χ1n) is 7.65. The Balaban J connectivity index is 2.30. The van der Waals surface area contributed by atoms with E-state index in [0.29, 0.717) is 12.5 Å². The van der Waals surface area contributed by atoms with Gasteiger partial charge in [-0.25, -0.2) is 4.68 Å². The molecule has 0 radical (unpaired) electrons. The molecule has 0 aliphatic rings. The summed E-state index contributed by atoms with van der Waals surface area (Å²) < 4.78 is 12.0. The fraction of sp³-hybridized carbons (Fsp3) is 0.533. The zero-order valence-corrected chi connectivity index (χ0v) is 14.5. The van der Waals surface area contributed by atoms with Crippen molar-refractivity contribution in [3.63, 3.8) is 0 Å². The summed E-state index contributed by atoms with van der Waals surface area (Å²) in [6, 6.07) is 3.02. The average molecular weight is 334 g/mol. The van der Waals surface area contributed by atoms with Crippen LogP contribution in [0, 0.1) is 0 Å². The maximum Gasteiger partial charge on any atom is 0.331 e. The SMILES string of the molecule is CCCn1nc(Oc2nc(NC(C)(C)C)nc(OC)n2)ccc1=O. The van der Waals surface area contributed by atoms with Crippen molar-refractivity contribution in [3.05, 3.63) is 22.5 Å². The van der Waals surface area contributed by atoms with Crippen molar-refractivity contribution in [3.8, 4) is 17.9 Å². The predicted molar refractivity (Wildman–Crippen MR) is 88.6 cm³/mol. The van der Waals surface area contributed by atoms with Gasteiger partial charge in [-0.2, -0.15) is 9.97 Å². The van der Waals surface area contributed by atoms with Crippen LogP contribution >= 0.6 is 0 Å². The quantitative estimate of drug-likeness (QED) is 0.853. The topological polar surface area (TPSA) is 104 Å². The van der Waals surface area contributed by atoms with Crippen LogP contribution in [0.25, 0.3) is 0 Å². The number of aromatic nitrogens is 5. The van der Waals surface area contributed by atoms with Crippen LogP contribution in [0.3, 0.4) is 0 Å². The minimum absolute atomic E-state index is 0.0304. The largest absolute Gasteiger partial charge is 0.467 e. The van der Waals surface area contributed by atoms with Gasteiger partial charge < -0.3 is 14.8 Å². The van der Waals surface area contributed by atoms with Gasteiger partial charge in [-0.05, 0) is 27.2 Å². The molecule has 2 rings (SSSR count). The summed E-state index contributed by atoms with van der Waals surface area (Å²) >= 11 is 0. The van der Waals surface area contributed by atoms with E-state index in [9.17, 15) is 4.79 Å². The Morgan fingerprint density at radius 3 is 2.50 bits per heavy atom. The molecule has 0 bridgehead atoms. The van der Waals surface area contributed by atoms with Crippen LogP contribution in [0.1, 0.15) is 34.1 Å². The molecule has 24 heavy (non-hydrogen) atoms. The van der Waals surface area contributed by atoms with Crippen LogP contribution in [-0.4, -0.2) is 37.4 Å². The molecule has 0 saturated heterocycles. The summed E-state index contributed by atoms with van der Waals surface area (Å²) in [5.74, 6) is 0.546. The Bertz CT molecular complexity index is 754. The molecule has 9 nitrogen and oxygen atoms in total. The van der Waals surface area contributed by atoms with Crippen molar-refractivity contribution in [2.45, 2.75) is 46.2 Å². The molecule has 2 aromatic heterocycles. The van der Waals surface area contributed by atoms with Crippen molar-refractivity contribution in [2.24, 2.45) is 0 Å². The Labute approximate surface area is 140 Å². The molecule has 130 valence electrons. The van der Waals surface area contributed by atoms with Crippen LogP contribution in [0.4, 0.5) is 5.95 Å². The second-order valence-electron chi connectivity index (χ2n) is 6.14. The summed E-state index contributed by atoms with van der Waals surface area (Å²) in [4.78, 5) is 24.1. The van der Waals surface area contributed by atoms with E-state index in [1.807, 2.05) is 27.7 Å². The van der Waals surface area contributed by atoms with E-state index in [0.717, 1.165) is 6.42 Å². The maximum absolute atomic E-state index is 11.7. The number of aryl methyl sites for hydroxylation is 1. The molecule has 0 unspecified atom stereocenters. The summed E-state index contributed by atoms with van der Waals surface area (Å²) in [7, 11) is 1.46. The highest BCUT2D eigenvalue weighted by molar-refractivity contribution is 5.31. The fourth-order valence-corrected chi connectivity index (χ4v) is 1.82. The lowest BCUT2D eigenvalue weighted by molar-refractivity contribution is 0.351.